The highest BCUT2D eigenvalue weighted by Crippen LogP contribution is 2.23. The van der Waals surface area contributed by atoms with Gasteiger partial charge < -0.3 is 19.5 Å². The number of amides is 1. The molecule has 0 radical (unpaired) electrons. The maximum Gasteiger partial charge on any atom is 0.251 e. The molecule has 3 rings (SSSR count). The monoisotopic (exact) mass is 356 g/mol. The second-order valence-electron chi connectivity index (χ2n) is 6.34. The summed E-state index contributed by atoms with van der Waals surface area (Å²) in [4.78, 5) is 16.7. The third-order valence-corrected chi connectivity index (χ3v) is 4.63. The van der Waals surface area contributed by atoms with Crippen molar-refractivity contribution in [2.75, 3.05) is 26.9 Å². The van der Waals surface area contributed by atoms with Crippen LogP contribution in [-0.2, 0) is 16.1 Å². The van der Waals surface area contributed by atoms with E-state index in [1.54, 1.807) is 25.4 Å². The van der Waals surface area contributed by atoms with Crippen molar-refractivity contribution in [1.82, 2.24) is 10.3 Å². The van der Waals surface area contributed by atoms with Gasteiger partial charge in [0.2, 0.25) is 5.88 Å². The molecule has 1 aromatic heterocycles. The second kappa shape index (κ2) is 8.78. The molecule has 0 aliphatic carbocycles. The topological polar surface area (TPSA) is 69.7 Å². The molecule has 1 saturated heterocycles. The SMILES string of the molecule is COC1(CNC(=O)c2ccnc(OCc3ccccc3)c2)CCOCC1. The maximum absolute atomic E-state index is 12.5. The van der Waals surface area contributed by atoms with Crippen LogP contribution in [0.4, 0.5) is 0 Å². The summed E-state index contributed by atoms with van der Waals surface area (Å²) >= 11 is 0. The summed E-state index contributed by atoms with van der Waals surface area (Å²) in [6.07, 6.45) is 3.12. The summed E-state index contributed by atoms with van der Waals surface area (Å²) in [5.41, 5.74) is 1.21. The number of pyridine rings is 1. The number of hydrogen-bond acceptors (Lipinski definition) is 5. The fraction of sp³-hybridized carbons (Fsp3) is 0.400. The normalized spacial score (nSPS) is 16.0. The van der Waals surface area contributed by atoms with Crippen molar-refractivity contribution in [3.05, 3.63) is 59.8 Å². The van der Waals surface area contributed by atoms with Crippen LogP contribution in [0.1, 0.15) is 28.8 Å². The minimum atomic E-state index is -0.354. The van der Waals surface area contributed by atoms with Crippen LogP contribution in [0.25, 0.3) is 0 Å². The minimum Gasteiger partial charge on any atom is -0.473 e. The molecule has 0 saturated carbocycles. The van der Waals surface area contributed by atoms with Gasteiger partial charge in [0.15, 0.2) is 0 Å². The van der Waals surface area contributed by atoms with Gasteiger partial charge in [-0.05, 0) is 11.6 Å². The largest absolute Gasteiger partial charge is 0.473 e. The van der Waals surface area contributed by atoms with Crippen molar-refractivity contribution in [2.24, 2.45) is 0 Å². The zero-order chi connectivity index (χ0) is 18.2. The van der Waals surface area contributed by atoms with Crippen molar-refractivity contribution in [2.45, 2.75) is 25.0 Å². The number of hydrogen-bond donors (Lipinski definition) is 1. The van der Waals surface area contributed by atoms with Crippen molar-refractivity contribution in [3.8, 4) is 5.88 Å². The van der Waals surface area contributed by atoms with Gasteiger partial charge in [-0.3, -0.25) is 4.79 Å². The molecular formula is C20H24N2O4. The molecule has 0 bridgehead atoms. The van der Waals surface area contributed by atoms with Gasteiger partial charge in [0, 0.05) is 57.5 Å². The third kappa shape index (κ3) is 4.80. The lowest BCUT2D eigenvalue weighted by molar-refractivity contribution is -0.0864. The van der Waals surface area contributed by atoms with Crippen LogP contribution in [0.15, 0.2) is 48.7 Å². The summed E-state index contributed by atoms with van der Waals surface area (Å²) in [6.45, 7) is 2.16. The molecule has 2 aromatic rings. The lowest BCUT2D eigenvalue weighted by Gasteiger charge is -2.35. The lowest BCUT2D eigenvalue weighted by Crippen LogP contribution is -2.48. The number of carbonyl (C=O) groups excluding carboxylic acids is 1. The van der Waals surface area contributed by atoms with Gasteiger partial charge in [-0.15, -0.1) is 0 Å². The van der Waals surface area contributed by atoms with E-state index in [1.165, 1.54) is 0 Å². The standard InChI is InChI=1S/C20H24N2O4/c1-24-20(8-11-25-12-9-20)15-22-19(23)17-7-10-21-18(13-17)26-14-16-5-3-2-4-6-16/h2-7,10,13H,8-9,11-12,14-15H2,1H3,(H,22,23). The first-order valence-electron chi connectivity index (χ1n) is 8.75. The number of rotatable bonds is 7. The molecule has 1 aromatic carbocycles. The smallest absolute Gasteiger partial charge is 0.251 e. The lowest BCUT2D eigenvalue weighted by atomic mass is 9.94. The summed E-state index contributed by atoms with van der Waals surface area (Å²) in [6, 6.07) is 13.2. The summed E-state index contributed by atoms with van der Waals surface area (Å²) in [5, 5.41) is 2.96. The van der Waals surface area contributed by atoms with E-state index < -0.39 is 0 Å². The van der Waals surface area contributed by atoms with E-state index in [-0.39, 0.29) is 11.5 Å². The Kier molecular flexibility index (Phi) is 6.20. The first kappa shape index (κ1) is 18.4. The number of nitrogens with one attached hydrogen (secondary N) is 1. The number of methoxy groups -OCH3 is 1. The van der Waals surface area contributed by atoms with Gasteiger partial charge in [0.1, 0.15) is 6.61 Å². The summed E-state index contributed by atoms with van der Waals surface area (Å²) < 4.78 is 16.7. The summed E-state index contributed by atoms with van der Waals surface area (Å²) in [7, 11) is 1.68. The molecule has 138 valence electrons. The van der Waals surface area contributed by atoms with Crippen molar-refractivity contribution >= 4 is 5.91 Å². The van der Waals surface area contributed by atoms with E-state index in [0.29, 0.717) is 37.8 Å². The molecule has 6 nitrogen and oxygen atoms in total. The Balaban J connectivity index is 1.57. The van der Waals surface area contributed by atoms with Crippen LogP contribution < -0.4 is 10.1 Å². The van der Waals surface area contributed by atoms with Crippen molar-refractivity contribution in [3.63, 3.8) is 0 Å². The Morgan fingerprint density at radius 3 is 2.73 bits per heavy atom. The molecule has 1 fully saturated rings. The van der Waals surface area contributed by atoms with Gasteiger partial charge in [0.05, 0.1) is 5.60 Å². The Hall–Kier alpha value is -2.44. The number of ether oxygens (including phenoxy) is 3. The number of carbonyl (C=O) groups is 1. The predicted octanol–water partition coefficient (Wildman–Crippen LogP) is 2.59. The predicted molar refractivity (Wildman–Crippen MR) is 97.1 cm³/mol. The number of benzene rings is 1. The third-order valence-electron chi connectivity index (χ3n) is 4.63. The molecule has 0 atom stereocenters. The van der Waals surface area contributed by atoms with Gasteiger partial charge in [-0.2, -0.15) is 0 Å². The quantitative estimate of drug-likeness (QED) is 0.826. The van der Waals surface area contributed by atoms with Crippen LogP contribution in [0.2, 0.25) is 0 Å². The molecule has 1 aliphatic heterocycles. The van der Waals surface area contributed by atoms with E-state index in [0.717, 1.165) is 18.4 Å². The van der Waals surface area contributed by atoms with Crippen molar-refractivity contribution in [1.29, 1.82) is 0 Å². The fourth-order valence-corrected chi connectivity index (χ4v) is 2.90. The molecule has 2 heterocycles. The highest BCUT2D eigenvalue weighted by Gasteiger charge is 2.32. The van der Waals surface area contributed by atoms with Crippen LogP contribution in [0.3, 0.4) is 0 Å². The Labute approximate surface area is 153 Å². The molecule has 0 spiro atoms. The van der Waals surface area contributed by atoms with E-state index in [9.17, 15) is 4.79 Å². The Morgan fingerprint density at radius 2 is 2.00 bits per heavy atom. The average Bonchev–Trinajstić information content (AvgIpc) is 2.72. The van der Waals surface area contributed by atoms with Crippen LogP contribution in [-0.4, -0.2) is 43.4 Å². The van der Waals surface area contributed by atoms with Gasteiger partial charge in [-0.1, -0.05) is 30.3 Å². The number of nitrogens with zero attached hydrogens (tertiary/aromatic N) is 1. The average molecular weight is 356 g/mol. The molecule has 26 heavy (non-hydrogen) atoms. The highest BCUT2D eigenvalue weighted by atomic mass is 16.5. The van der Waals surface area contributed by atoms with Gasteiger partial charge >= 0.3 is 0 Å². The first-order chi connectivity index (χ1) is 12.7. The van der Waals surface area contributed by atoms with Crippen LogP contribution >= 0.6 is 0 Å². The Morgan fingerprint density at radius 1 is 1.23 bits per heavy atom. The maximum atomic E-state index is 12.5. The zero-order valence-electron chi connectivity index (χ0n) is 14.9. The molecule has 0 unspecified atom stereocenters. The minimum absolute atomic E-state index is 0.167. The van der Waals surface area contributed by atoms with Crippen LogP contribution in [0.5, 0.6) is 5.88 Å². The van der Waals surface area contributed by atoms with E-state index >= 15 is 0 Å². The molecule has 1 N–H and O–H groups in total. The molecule has 1 amide bonds. The van der Waals surface area contributed by atoms with E-state index in [2.05, 4.69) is 10.3 Å². The second-order valence-corrected chi connectivity index (χ2v) is 6.34. The van der Waals surface area contributed by atoms with Gasteiger partial charge in [-0.25, -0.2) is 4.98 Å². The number of aromatic nitrogens is 1. The van der Waals surface area contributed by atoms with E-state index in [4.69, 9.17) is 14.2 Å². The van der Waals surface area contributed by atoms with Crippen LogP contribution in [0, 0.1) is 0 Å². The summed E-state index contributed by atoms with van der Waals surface area (Å²) in [5.74, 6) is 0.258. The molecular weight excluding hydrogens is 332 g/mol. The highest BCUT2D eigenvalue weighted by molar-refractivity contribution is 5.94. The molecule has 6 heteroatoms. The van der Waals surface area contributed by atoms with Crippen molar-refractivity contribution < 1.29 is 19.0 Å². The molecule has 1 aliphatic rings. The zero-order valence-corrected chi connectivity index (χ0v) is 14.9. The first-order valence-corrected chi connectivity index (χ1v) is 8.75. The Bertz CT molecular complexity index is 715. The fourth-order valence-electron chi connectivity index (χ4n) is 2.90. The van der Waals surface area contributed by atoms with Gasteiger partial charge in [0.25, 0.3) is 5.91 Å². The van der Waals surface area contributed by atoms with E-state index in [1.807, 2.05) is 30.3 Å².